The minimum atomic E-state index is 0.147. The first-order valence-corrected chi connectivity index (χ1v) is 6.17. The Labute approximate surface area is 99.1 Å². The second kappa shape index (κ2) is 10.9. The Hall–Kier alpha value is -0.610. The first kappa shape index (κ1) is 15.4. The predicted molar refractivity (Wildman–Crippen MR) is 66.5 cm³/mol. The molecule has 0 aliphatic rings. The minimum Gasteiger partial charge on any atom is -0.383 e. The molecule has 0 saturated carbocycles. The van der Waals surface area contributed by atoms with E-state index in [1.807, 2.05) is 7.05 Å². The highest BCUT2D eigenvalue weighted by molar-refractivity contribution is 5.76. The fourth-order valence-corrected chi connectivity index (χ4v) is 1.53. The summed E-state index contributed by atoms with van der Waals surface area (Å²) in [6, 6.07) is 0.162. The lowest BCUT2D eigenvalue weighted by Crippen LogP contribution is -2.37. The first-order valence-electron chi connectivity index (χ1n) is 6.17. The van der Waals surface area contributed by atoms with Gasteiger partial charge in [-0.2, -0.15) is 0 Å². The fourth-order valence-electron chi connectivity index (χ4n) is 1.53. The molecule has 0 aromatic carbocycles. The van der Waals surface area contributed by atoms with Crippen molar-refractivity contribution in [3.05, 3.63) is 0 Å². The average Bonchev–Trinajstić information content (AvgIpc) is 2.28. The van der Waals surface area contributed by atoms with Crippen LogP contribution < -0.4 is 10.6 Å². The summed E-state index contributed by atoms with van der Waals surface area (Å²) in [5.41, 5.74) is 0. The Morgan fingerprint density at radius 2 is 2.06 bits per heavy atom. The number of unbranched alkanes of at least 4 members (excludes halogenated alkanes) is 2. The normalized spacial score (nSPS) is 12.4. The Bertz CT molecular complexity index is 174. The summed E-state index contributed by atoms with van der Waals surface area (Å²) in [5, 5.41) is 6.08. The average molecular weight is 230 g/mol. The van der Waals surface area contributed by atoms with Gasteiger partial charge in [-0.05, 0) is 32.9 Å². The maximum Gasteiger partial charge on any atom is 0.220 e. The van der Waals surface area contributed by atoms with Gasteiger partial charge in [-0.15, -0.1) is 0 Å². The lowest BCUT2D eigenvalue weighted by molar-refractivity contribution is -0.122. The first-order chi connectivity index (χ1) is 7.74. The number of rotatable bonds is 10. The summed E-state index contributed by atoms with van der Waals surface area (Å²) in [5.74, 6) is 0.147. The Morgan fingerprint density at radius 3 is 2.62 bits per heavy atom. The van der Waals surface area contributed by atoms with Gasteiger partial charge in [0.2, 0.25) is 5.91 Å². The second-order valence-corrected chi connectivity index (χ2v) is 4.04. The van der Waals surface area contributed by atoms with Crippen LogP contribution in [0.25, 0.3) is 0 Å². The maximum absolute atomic E-state index is 11.5. The second-order valence-electron chi connectivity index (χ2n) is 4.04. The molecule has 4 heteroatoms. The zero-order valence-electron chi connectivity index (χ0n) is 10.8. The number of hydrogen-bond donors (Lipinski definition) is 2. The molecule has 16 heavy (non-hydrogen) atoms. The Kier molecular flexibility index (Phi) is 10.5. The van der Waals surface area contributed by atoms with Crippen LogP contribution >= 0.6 is 0 Å². The van der Waals surface area contributed by atoms with E-state index in [1.165, 1.54) is 0 Å². The van der Waals surface area contributed by atoms with E-state index in [-0.39, 0.29) is 11.9 Å². The zero-order chi connectivity index (χ0) is 12.2. The van der Waals surface area contributed by atoms with Gasteiger partial charge in [-0.3, -0.25) is 4.79 Å². The zero-order valence-corrected chi connectivity index (χ0v) is 10.8. The maximum atomic E-state index is 11.5. The Balaban J connectivity index is 3.48. The van der Waals surface area contributed by atoms with Crippen molar-refractivity contribution < 1.29 is 9.53 Å². The van der Waals surface area contributed by atoms with Crippen LogP contribution in [-0.2, 0) is 9.53 Å². The molecule has 0 aliphatic carbocycles. The van der Waals surface area contributed by atoms with Crippen LogP contribution in [0.15, 0.2) is 0 Å². The number of nitrogens with one attached hydrogen (secondary N) is 2. The molecule has 0 aromatic rings. The molecule has 0 rings (SSSR count). The molecular weight excluding hydrogens is 204 g/mol. The van der Waals surface area contributed by atoms with Crippen molar-refractivity contribution >= 4 is 5.91 Å². The number of hydrogen-bond acceptors (Lipinski definition) is 3. The van der Waals surface area contributed by atoms with Crippen molar-refractivity contribution in [3.8, 4) is 0 Å². The van der Waals surface area contributed by atoms with Gasteiger partial charge in [-0.25, -0.2) is 0 Å². The molecule has 0 aromatic heterocycles. The van der Waals surface area contributed by atoms with E-state index in [4.69, 9.17) is 4.74 Å². The van der Waals surface area contributed by atoms with Crippen molar-refractivity contribution in [1.82, 2.24) is 10.6 Å². The van der Waals surface area contributed by atoms with E-state index in [1.54, 1.807) is 7.11 Å². The SMILES string of the molecule is CCC(COC)NC(=O)CCCCCNC. The summed E-state index contributed by atoms with van der Waals surface area (Å²) in [6.45, 7) is 3.68. The number of carbonyl (C=O) groups excluding carboxylic acids is 1. The van der Waals surface area contributed by atoms with Gasteiger partial charge in [0, 0.05) is 13.5 Å². The summed E-state index contributed by atoms with van der Waals surface area (Å²) in [6.07, 6.45) is 4.76. The number of amides is 1. The lowest BCUT2D eigenvalue weighted by atomic mass is 10.1. The molecule has 0 heterocycles. The van der Waals surface area contributed by atoms with Crippen molar-refractivity contribution in [2.24, 2.45) is 0 Å². The standard InChI is InChI=1S/C12H26N2O2/c1-4-11(10-16-3)14-12(15)8-6-5-7-9-13-2/h11,13H,4-10H2,1-3H3,(H,14,15). The molecule has 1 unspecified atom stereocenters. The Morgan fingerprint density at radius 1 is 1.31 bits per heavy atom. The largest absolute Gasteiger partial charge is 0.383 e. The van der Waals surface area contributed by atoms with Crippen LogP contribution in [0.4, 0.5) is 0 Å². The third-order valence-corrected chi connectivity index (χ3v) is 2.56. The monoisotopic (exact) mass is 230 g/mol. The fraction of sp³-hybridized carbons (Fsp3) is 0.917. The third-order valence-electron chi connectivity index (χ3n) is 2.56. The predicted octanol–water partition coefficient (Wildman–Crippen LogP) is 1.31. The summed E-state index contributed by atoms with van der Waals surface area (Å²) in [4.78, 5) is 11.5. The van der Waals surface area contributed by atoms with Gasteiger partial charge in [0.25, 0.3) is 0 Å². The molecule has 0 fully saturated rings. The highest BCUT2D eigenvalue weighted by atomic mass is 16.5. The van der Waals surface area contributed by atoms with E-state index < -0.39 is 0 Å². The van der Waals surface area contributed by atoms with Crippen LogP contribution in [0, 0.1) is 0 Å². The van der Waals surface area contributed by atoms with Crippen molar-refractivity contribution in [2.75, 3.05) is 27.3 Å². The quantitative estimate of drug-likeness (QED) is 0.556. The number of ether oxygens (including phenoxy) is 1. The van der Waals surface area contributed by atoms with E-state index >= 15 is 0 Å². The molecule has 0 spiro atoms. The number of methoxy groups -OCH3 is 1. The van der Waals surface area contributed by atoms with E-state index in [0.29, 0.717) is 13.0 Å². The van der Waals surface area contributed by atoms with Gasteiger partial charge < -0.3 is 15.4 Å². The third kappa shape index (κ3) is 8.68. The van der Waals surface area contributed by atoms with E-state index in [2.05, 4.69) is 17.6 Å². The molecule has 96 valence electrons. The molecule has 0 saturated heterocycles. The van der Waals surface area contributed by atoms with E-state index in [0.717, 1.165) is 32.2 Å². The molecule has 1 amide bonds. The minimum absolute atomic E-state index is 0.147. The van der Waals surface area contributed by atoms with Gasteiger partial charge in [-0.1, -0.05) is 13.3 Å². The highest BCUT2D eigenvalue weighted by Gasteiger charge is 2.09. The van der Waals surface area contributed by atoms with Crippen molar-refractivity contribution in [2.45, 2.75) is 45.1 Å². The molecule has 0 aliphatic heterocycles. The molecule has 0 radical (unpaired) electrons. The molecule has 2 N–H and O–H groups in total. The molecule has 0 bridgehead atoms. The summed E-state index contributed by atoms with van der Waals surface area (Å²) < 4.78 is 5.03. The summed E-state index contributed by atoms with van der Waals surface area (Å²) in [7, 11) is 3.61. The van der Waals surface area contributed by atoms with Crippen molar-refractivity contribution in [1.29, 1.82) is 0 Å². The van der Waals surface area contributed by atoms with Gasteiger partial charge in [0.15, 0.2) is 0 Å². The molecule has 4 nitrogen and oxygen atoms in total. The lowest BCUT2D eigenvalue weighted by Gasteiger charge is -2.15. The van der Waals surface area contributed by atoms with E-state index in [9.17, 15) is 4.79 Å². The van der Waals surface area contributed by atoms with Gasteiger partial charge >= 0.3 is 0 Å². The van der Waals surface area contributed by atoms with Crippen LogP contribution in [-0.4, -0.2) is 39.3 Å². The number of carbonyl (C=O) groups is 1. The summed E-state index contributed by atoms with van der Waals surface area (Å²) >= 11 is 0. The van der Waals surface area contributed by atoms with Crippen molar-refractivity contribution in [3.63, 3.8) is 0 Å². The van der Waals surface area contributed by atoms with Gasteiger partial charge in [0.05, 0.1) is 12.6 Å². The topological polar surface area (TPSA) is 50.4 Å². The molecular formula is C12H26N2O2. The van der Waals surface area contributed by atoms with Crippen LogP contribution in [0.2, 0.25) is 0 Å². The molecule has 1 atom stereocenters. The smallest absolute Gasteiger partial charge is 0.220 e. The van der Waals surface area contributed by atoms with Crippen LogP contribution in [0.3, 0.4) is 0 Å². The van der Waals surface area contributed by atoms with Crippen LogP contribution in [0.1, 0.15) is 39.0 Å². The van der Waals surface area contributed by atoms with Crippen LogP contribution in [0.5, 0.6) is 0 Å². The highest BCUT2D eigenvalue weighted by Crippen LogP contribution is 2.00. The van der Waals surface area contributed by atoms with Gasteiger partial charge in [0.1, 0.15) is 0 Å².